The Morgan fingerprint density at radius 1 is 1.13 bits per heavy atom. The summed E-state index contributed by atoms with van der Waals surface area (Å²) in [6.45, 7) is 1.07. The molecule has 6 nitrogen and oxygen atoms in total. The molecule has 1 amide bonds. The summed E-state index contributed by atoms with van der Waals surface area (Å²) in [6.07, 6.45) is -4.43. The standard InChI is InChI=1S/C21H17F3N2O4S/c1-12-18(31-19(25-12)13-6-8-14(9-7-13)21(22,23)24)20(28)30-11-17(27)26-15-4-3-5-16(10-15)29-2/h3-10H,11H2,1-2H3,(H,26,27). The normalized spacial score (nSPS) is 11.1. The van der Waals surface area contributed by atoms with E-state index >= 15 is 0 Å². The number of halogens is 3. The highest BCUT2D eigenvalue weighted by Crippen LogP contribution is 2.33. The predicted molar refractivity (Wildman–Crippen MR) is 109 cm³/mol. The summed E-state index contributed by atoms with van der Waals surface area (Å²) in [5.74, 6) is -0.716. The fourth-order valence-corrected chi connectivity index (χ4v) is 3.57. The van der Waals surface area contributed by atoms with Crippen molar-refractivity contribution in [3.8, 4) is 16.3 Å². The number of hydrogen-bond acceptors (Lipinski definition) is 6. The third-order valence-electron chi connectivity index (χ3n) is 4.13. The Morgan fingerprint density at radius 3 is 2.48 bits per heavy atom. The van der Waals surface area contributed by atoms with Gasteiger partial charge < -0.3 is 14.8 Å². The van der Waals surface area contributed by atoms with Crippen LogP contribution in [0.5, 0.6) is 5.75 Å². The van der Waals surface area contributed by atoms with Crippen LogP contribution in [-0.4, -0.2) is 30.6 Å². The van der Waals surface area contributed by atoms with Gasteiger partial charge in [-0.05, 0) is 31.2 Å². The van der Waals surface area contributed by atoms with Gasteiger partial charge in [0.2, 0.25) is 0 Å². The third-order valence-corrected chi connectivity index (χ3v) is 5.32. The Morgan fingerprint density at radius 2 is 1.84 bits per heavy atom. The summed E-state index contributed by atoms with van der Waals surface area (Å²) in [7, 11) is 1.50. The van der Waals surface area contributed by atoms with Crippen LogP contribution in [-0.2, 0) is 15.7 Å². The second kappa shape index (κ2) is 9.17. The number of amides is 1. The topological polar surface area (TPSA) is 77.5 Å². The maximum Gasteiger partial charge on any atom is 0.416 e. The number of carbonyl (C=O) groups excluding carboxylic acids is 2. The van der Waals surface area contributed by atoms with Crippen molar-refractivity contribution in [2.24, 2.45) is 0 Å². The number of methoxy groups -OCH3 is 1. The summed E-state index contributed by atoms with van der Waals surface area (Å²) in [5, 5.41) is 2.96. The van der Waals surface area contributed by atoms with Crippen molar-refractivity contribution in [1.82, 2.24) is 4.98 Å². The zero-order chi connectivity index (χ0) is 22.6. The first kappa shape index (κ1) is 22.3. The number of hydrogen-bond donors (Lipinski definition) is 1. The quantitative estimate of drug-likeness (QED) is 0.538. The van der Waals surface area contributed by atoms with Crippen LogP contribution in [0.2, 0.25) is 0 Å². The van der Waals surface area contributed by atoms with Crippen LogP contribution < -0.4 is 10.1 Å². The highest BCUT2D eigenvalue weighted by atomic mass is 32.1. The van der Waals surface area contributed by atoms with Gasteiger partial charge in [0.05, 0.1) is 18.4 Å². The highest BCUT2D eigenvalue weighted by molar-refractivity contribution is 7.17. The number of ether oxygens (including phenoxy) is 2. The first-order chi connectivity index (χ1) is 14.7. The van der Waals surface area contributed by atoms with E-state index < -0.39 is 30.2 Å². The molecule has 2 aromatic carbocycles. The van der Waals surface area contributed by atoms with Gasteiger partial charge in [0.25, 0.3) is 5.91 Å². The fraction of sp³-hybridized carbons (Fsp3) is 0.190. The molecular weight excluding hydrogens is 433 g/mol. The Bertz CT molecular complexity index is 1090. The number of rotatable bonds is 6. The molecular formula is C21H17F3N2O4S. The van der Waals surface area contributed by atoms with E-state index in [0.29, 0.717) is 27.7 Å². The van der Waals surface area contributed by atoms with Crippen molar-refractivity contribution < 1.29 is 32.2 Å². The van der Waals surface area contributed by atoms with Gasteiger partial charge in [0, 0.05) is 17.3 Å². The van der Waals surface area contributed by atoms with Crippen molar-refractivity contribution in [1.29, 1.82) is 0 Å². The SMILES string of the molecule is COc1cccc(NC(=O)COC(=O)c2sc(-c3ccc(C(F)(F)F)cc3)nc2C)c1. The number of nitrogens with zero attached hydrogens (tertiary/aromatic N) is 1. The van der Waals surface area contributed by atoms with E-state index in [4.69, 9.17) is 9.47 Å². The molecule has 0 aliphatic heterocycles. The van der Waals surface area contributed by atoms with E-state index in [1.807, 2.05) is 0 Å². The molecule has 0 bridgehead atoms. The molecule has 0 saturated heterocycles. The average molecular weight is 450 g/mol. The maximum atomic E-state index is 12.7. The highest BCUT2D eigenvalue weighted by Gasteiger charge is 2.30. The minimum atomic E-state index is -4.43. The van der Waals surface area contributed by atoms with Gasteiger partial charge in [0.15, 0.2) is 6.61 Å². The number of nitrogens with one attached hydrogen (secondary N) is 1. The molecule has 0 aliphatic carbocycles. The smallest absolute Gasteiger partial charge is 0.416 e. The number of esters is 1. The predicted octanol–water partition coefficient (Wildman–Crippen LogP) is 4.94. The molecule has 3 rings (SSSR count). The number of anilines is 1. The van der Waals surface area contributed by atoms with Crippen molar-refractivity contribution in [2.75, 3.05) is 19.0 Å². The van der Waals surface area contributed by atoms with Gasteiger partial charge in [-0.1, -0.05) is 18.2 Å². The summed E-state index contributed by atoms with van der Waals surface area (Å²) in [6, 6.07) is 11.2. The maximum absolute atomic E-state index is 12.7. The lowest BCUT2D eigenvalue weighted by molar-refractivity contribution is -0.137. The van der Waals surface area contributed by atoms with Crippen molar-refractivity contribution >= 4 is 28.9 Å². The summed E-state index contributed by atoms with van der Waals surface area (Å²) >= 11 is 0.979. The van der Waals surface area contributed by atoms with Crippen LogP contribution in [0.25, 0.3) is 10.6 Å². The minimum Gasteiger partial charge on any atom is -0.497 e. The molecule has 0 aliphatic rings. The number of aryl methyl sites for hydroxylation is 1. The molecule has 0 saturated carbocycles. The zero-order valence-electron chi connectivity index (χ0n) is 16.4. The summed E-state index contributed by atoms with van der Waals surface area (Å²) < 4.78 is 48.2. The van der Waals surface area contributed by atoms with Crippen LogP contribution in [0.3, 0.4) is 0 Å². The number of carbonyl (C=O) groups is 2. The van der Waals surface area contributed by atoms with Gasteiger partial charge >= 0.3 is 12.1 Å². The lowest BCUT2D eigenvalue weighted by Crippen LogP contribution is -2.20. The molecule has 1 heterocycles. The molecule has 1 aromatic heterocycles. The van der Waals surface area contributed by atoms with Gasteiger partial charge in [-0.15, -0.1) is 11.3 Å². The molecule has 1 N–H and O–H groups in total. The molecule has 31 heavy (non-hydrogen) atoms. The Labute approximate surface area is 179 Å². The number of aromatic nitrogens is 1. The Kier molecular flexibility index (Phi) is 6.59. The van der Waals surface area contributed by atoms with E-state index in [9.17, 15) is 22.8 Å². The summed E-state index contributed by atoms with van der Waals surface area (Å²) in [5.41, 5.74) is 0.513. The lowest BCUT2D eigenvalue weighted by Gasteiger charge is -2.07. The minimum absolute atomic E-state index is 0.170. The average Bonchev–Trinajstić information content (AvgIpc) is 3.13. The Balaban J connectivity index is 1.63. The third kappa shape index (κ3) is 5.60. The van der Waals surface area contributed by atoms with E-state index in [1.165, 1.54) is 19.2 Å². The molecule has 162 valence electrons. The van der Waals surface area contributed by atoms with E-state index in [0.717, 1.165) is 23.5 Å². The van der Waals surface area contributed by atoms with Gasteiger partial charge in [0.1, 0.15) is 15.6 Å². The monoisotopic (exact) mass is 450 g/mol. The van der Waals surface area contributed by atoms with Crippen LogP contribution in [0.4, 0.5) is 18.9 Å². The summed E-state index contributed by atoms with van der Waals surface area (Å²) in [4.78, 5) is 28.8. The molecule has 10 heteroatoms. The molecule has 0 unspecified atom stereocenters. The van der Waals surface area contributed by atoms with Gasteiger partial charge in [-0.25, -0.2) is 9.78 Å². The van der Waals surface area contributed by atoms with Crippen LogP contribution >= 0.6 is 11.3 Å². The molecule has 0 spiro atoms. The van der Waals surface area contributed by atoms with Crippen LogP contribution in [0.1, 0.15) is 20.9 Å². The van der Waals surface area contributed by atoms with E-state index in [1.54, 1.807) is 31.2 Å². The number of thiazole rings is 1. The lowest BCUT2D eigenvalue weighted by atomic mass is 10.1. The number of benzene rings is 2. The molecule has 0 radical (unpaired) electrons. The van der Waals surface area contributed by atoms with Gasteiger partial charge in [-0.3, -0.25) is 4.79 Å². The molecule has 3 aromatic rings. The van der Waals surface area contributed by atoms with Crippen LogP contribution in [0, 0.1) is 6.92 Å². The molecule has 0 atom stereocenters. The van der Waals surface area contributed by atoms with E-state index in [2.05, 4.69) is 10.3 Å². The first-order valence-electron chi connectivity index (χ1n) is 8.93. The van der Waals surface area contributed by atoms with Crippen molar-refractivity contribution in [3.05, 3.63) is 64.7 Å². The fourth-order valence-electron chi connectivity index (χ4n) is 2.61. The van der Waals surface area contributed by atoms with Gasteiger partial charge in [-0.2, -0.15) is 13.2 Å². The van der Waals surface area contributed by atoms with Crippen molar-refractivity contribution in [2.45, 2.75) is 13.1 Å². The van der Waals surface area contributed by atoms with E-state index in [-0.39, 0.29) is 4.88 Å². The second-order valence-corrected chi connectivity index (χ2v) is 7.36. The van der Waals surface area contributed by atoms with Crippen molar-refractivity contribution in [3.63, 3.8) is 0 Å². The first-order valence-corrected chi connectivity index (χ1v) is 9.75. The zero-order valence-corrected chi connectivity index (χ0v) is 17.3. The molecule has 0 fully saturated rings. The second-order valence-electron chi connectivity index (χ2n) is 6.36. The Hall–Kier alpha value is -3.40. The van der Waals surface area contributed by atoms with Crippen LogP contribution in [0.15, 0.2) is 48.5 Å². The number of alkyl halides is 3. The largest absolute Gasteiger partial charge is 0.497 e.